The second kappa shape index (κ2) is 7.09. The van der Waals surface area contributed by atoms with E-state index in [0.717, 1.165) is 9.13 Å². The number of hydrogen-bond acceptors (Lipinski definition) is 7. The van der Waals surface area contributed by atoms with Crippen LogP contribution in [0.3, 0.4) is 0 Å². The van der Waals surface area contributed by atoms with Gasteiger partial charge >= 0.3 is 11.7 Å². The largest absolute Gasteiger partial charge is 0.507 e. The van der Waals surface area contributed by atoms with Crippen molar-refractivity contribution in [1.29, 1.82) is 0 Å². The van der Waals surface area contributed by atoms with Crippen LogP contribution in [-0.2, 0) is 18.8 Å². The fourth-order valence-electron chi connectivity index (χ4n) is 2.07. The number of ether oxygens (including phenoxy) is 1. The number of anilines is 1. The third-order valence-electron chi connectivity index (χ3n) is 3.50. The zero-order chi connectivity index (χ0) is 18.9. The molecular weight excluding hydrogens is 445 g/mol. The highest BCUT2D eigenvalue weighted by Crippen LogP contribution is 2.20. The molecule has 0 bridgehead atoms. The molecule has 0 unspecified atom stereocenters. The van der Waals surface area contributed by atoms with Crippen molar-refractivity contribution in [1.82, 2.24) is 9.13 Å². The van der Waals surface area contributed by atoms with Crippen molar-refractivity contribution in [3.8, 4) is 5.75 Å². The third kappa shape index (κ3) is 3.57. The number of aromatic hydroxyl groups is 1. The molecule has 0 aliphatic carbocycles. The summed E-state index contributed by atoms with van der Waals surface area (Å²) in [6, 6.07) is 4.30. The summed E-state index contributed by atoms with van der Waals surface area (Å²) in [5.74, 6) is -2.39. The minimum absolute atomic E-state index is 0.110. The monoisotopic (exact) mass is 459 g/mol. The van der Waals surface area contributed by atoms with Crippen LogP contribution in [-0.4, -0.2) is 32.6 Å². The van der Waals surface area contributed by atoms with Crippen LogP contribution in [0.5, 0.6) is 5.75 Å². The van der Waals surface area contributed by atoms with Crippen molar-refractivity contribution in [2.45, 2.75) is 0 Å². The fraction of sp³-hybridized carbons (Fsp3) is 0.200. The fourth-order valence-corrected chi connectivity index (χ4v) is 2.57. The van der Waals surface area contributed by atoms with Gasteiger partial charge in [-0.3, -0.25) is 18.7 Å². The SMILES string of the molecule is Cn1c(N)c(C(=O)COC(=O)c2cc(I)ccc2O)c(=O)n(C)c1=O. The van der Waals surface area contributed by atoms with Gasteiger partial charge in [0.1, 0.15) is 22.7 Å². The van der Waals surface area contributed by atoms with Crippen LogP contribution in [0.4, 0.5) is 5.82 Å². The number of hydrogen-bond donors (Lipinski definition) is 2. The van der Waals surface area contributed by atoms with E-state index in [2.05, 4.69) is 0 Å². The highest BCUT2D eigenvalue weighted by atomic mass is 127. The maximum atomic E-state index is 12.2. The lowest BCUT2D eigenvalue weighted by Gasteiger charge is -2.11. The number of esters is 1. The molecule has 1 aromatic carbocycles. The molecule has 132 valence electrons. The van der Waals surface area contributed by atoms with Crippen LogP contribution in [0.2, 0.25) is 0 Å². The molecular formula is C15H14IN3O6. The Kier molecular flexibility index (Phi) is 5.30. The molecule has 0 saturated heterocycles. The van der Waals surface area contributed by atoms with E-state index >= 15 is 0 Å². The minimum Gasteiger partial charge on any atom is -0.507 e. The molecule has 0 saturated carbocycles. The Morgan fingerprint density at radius 3 is 2.52 bits per heavy atom. The van der Waals surface area contributed by atoms with Gasteiger partial charge in [0, 0.05) is 17.7 Å². The lowest BCUT2D eigenvalue weighted by atomic mass is 10.2. The standard InChI is InChI=1S/C15H14IN3O6/c1-18-12(17)11(13(22)19(2)15(18)24)10(21)6-25-14(23)8-5-7(16)3-4-9(8)20/h3-5,20H,6,17H2,1-2H3. The first-order valence-corrected chi connectivity index (χ1v) is 7.97. The van der Waals surface area contributed by atoms with E-state index in [4.69, 9.17) is 10.5 Å². The van der Waals surface area contributed by atoms with Gasteiger partial charge in [-0.05, 0) is 40.8 Å². The molecule has 0 fully saturated rings. The molecule has 2 aromatic rings. The number of Topliss-reactive ketones (excluding diaryl/α,β-unsaturated/α-hetero) is 1. The summed E-state index contributed by atoms with van der Waals surface area (Å²) in [5.41, 5.74) is 3.56. The summed E-state index contributed by atoms with van der Waals surface area (Å²) < 4.78 is 7.22. The average Bonchev–Trinajstić information content (AvgIpc) is 2.58. The second-order valence-electron chi connectivity index (χ2n) is 5.13. The van der Waals surface area contributed by atoms with Gasteiger partial charge < -0.3 is 15.6 Å². The number of benzene rings is 1. The van der Waals surface area contributed by atoms with Crippen LogP contribution in [0, 0.1) is 3.57 Å². The summed E-state index contributed by atoms with van der Waals surface area (Å²) in [6.07, 6.45) is 0. The van der Waals surface area contributed by atoms with Gasteiger partial charge in [-0.25, -0.2) is 9.59 Å². The number of carbonyl (C=O) groups is 2. The number of halogens is 1. The smallest absolute Gasteiger partial charge is 0.342 e. The summed E-state index contributed by atoms with van der Waals surface area (Å²) in [6.45, 7) is -0.763. The lowest BCUT2D eigenvalue weighted by molar-refractivity contribution is 0.0471. The Labute approximate surface area is 154 Å². The third-order valence-corrected chi connectivity index (χ3v) is 4.17. The number of phenolic OH excluding ortho intramolecular Hbond substituents is 1. The number of carbonyl (C=O) groups excluding carboxylic acids is 2. The highest BCUT2D eigenvalue weighted by Gasteiger charge is 2.22. The Hall–Kier alpha value is -2.63. The van der Waals surface area contributed by atoms with E-state index in [1.807, 2.05) is 22.6 Å². The first-order chi connectivity index (χ1) is 11.6. The van der Waals surface area contributed by atoms with Crippen molar-refractivity contribution in [2.24, 2.45) is 14.1 Å². The van der Waals surface area contributed by atoms with Gasteiger partial charge in [0.15, 0.2) is 6.61 Å². The normalized spacial score (nSPS) is 10.5. The van der Waals surface area contributed by atoms with E-state index in [1.165, 1.54) is 26.2 Å². The number of ketones is 1. The summed E-state index contributed by atoms with van der Waals surface area (Å²) >= 11 is 1.95. The predicted molar refractivity (Wildman–Crippen MR) is 96.8 cm³/mol. The van der Waals surface area contributed by atoms with Gasteiger partial charge in [-0.15, -0.1) is 0 Å². The van der Waals surface area contributed by atoms with Crippen LogP contribution >= 0.6 is 22.6 Å². The Morgan fingerprint density at radius 2 is 1.88 bits per heavy atom. The Morgan fingerprint density at radius 1 is 1.24 bits per heavy atom. The maximum Gasteiger partial charge on any atom is 0.342 e. The van der Waals surface area contributed by atoms with Crippen molar-refractivity contribution in [2.75, 3.05) is 12.3 Å². The zero-order valence-corrected chi connectivity index (χ0v) is 15.4. The van der Waals surface area contributed by atoms with Gasteiger partial charge in [0.25, 0.3) is 5.56 Å². The lowest BCUT2D eigenvalue weighted by Crippen LogP contribution is -2.42. The van der Waals surface area contributed by atoms with Crippen LogP contribution in [0.15, 0.2) is 27.8 Å². The van der Waals surface area contributed by atoms with Gasteiger partial charge in [-0.2, -0.15) is 0 Å². The molecule has 1 heterocycles. The van der Waals surface area contributed by atoms with Crippen molar-refractivity contribution >= 4 is 40.2 Å². The van der Waals surface area contributed by atoms with Crippen LogP contribution in [0.25, 0.3) is 0 Å². The van der Waals surface area contributed by atoms with E-state index < -0.39 is 35.2 Å². The molecule has 1 aromatic heterocycles. The molecule has 0 radical (unpaired) electrons. The van der Waals surface area contributed by atoms with E-state index in [9.17, 15) is 24.3 Å². The van der Waals surface area contributed by atoms with E-state index in [1.54, 1.807) is 6.07 Å². The van der Waals surface area contributed by atoms with Gasteiger partial charge in [0.05, 0.1) is 0 Å². The molecule has 2 rings (SSSR count). The second-order valence-corrected chi connectivity index (χ2v) is 6.37. The number of nitrogens with two attached hydrogens (primary N) is 1. The summed E-state index contributed by atoms with van der Waals surface area (Å²) in [7, 11) is 2.51. The van der Waals surface area contributed by atoms with Gasteiger partial charge in [-0.1, -0.05) is 0 Å². The zero-order valence-electron chi connectivity index (χ0n) is 13.3. The van der Waals surface area contributed by atoms with E-state index in [0.29, 0.717) is 3.57 Å². The van der Waals surface area contributed by atoms with Crippen molar-refractivity contribution in [3.05, 3.63) is 53.7 Å². The Bertz CT molecular complexity index is 992. The van der Waals surface area contributed by atoms with Crippen molar-refractivity contribution < 1.29 is 19.4 Å². The first kappa shape index (κ1) is 18.7. The highest BCUT2D eigenvalue weighted by molar-refractivity contribution is 14.1. The predicted octanol–water partition coefficient (Wildman–Crippen LogP) is 0.0161. The van der Waals surface area contributed by atoms with Gasteiger partial charge in [0.2, 0.25) is 5.78 Å². The topological polar surface area (TPSA) is 134 Å². The summed E-state index contributed by atoms with van der Waals surface area (Å²) in [5, 5.41) is 9.68. The average molecular weight is 459 g/mol. The summed E-state index contributed by atoms with van der Waals surface area (Å²) in [4.78, 5) is 48.1. The minimum atomic E-state index is -0.926. The van der Waals surface area contributed by atoms with Crippen molar-refractivity contribution in [3.63, 3.8) is 0 Å². The molecule has 0 amide bonds. The molecule has 9 nitrogen and oxygen atoms in total. The maximum absolute atomic E-state index is 12.2. The number of nitrogen functional groups attached to an aromatic ring is 1. The molecule has 0 atom stereocenters. The molecule has 0 spiro atoms. The number of phenols is 1. The molecule has 3 N–H and O–H groups in total. The first-order valence-electron chi connectivity index (χ1n) is 6.89. The number of nitrogens with zero attached hydrogens (tertiary/aromatic N) is 2. The Balaban J connectivity index is 2.27. The van der Waals surface area contributed by atoms with Crippen LogP contribution in [0.1, 0.15) is 20.7 Å². The van der Waals surface area contributed by atoms with Crippen LogP contribution < -0.4 is 17.0 Å². The molecule has 10 heteroatoms. The molecule has 0 aliphatic rings. The quantitative estimate of drug-likeness (QED) is 0.374. The number of aromatic nitrogens is 2. The molecule has 0 aliphatic heterocycles. The number of rotatable bonds is 4. The van der Waals surface area contributed by atoms with E-state index in [-0.39, 0.29) is 17.1 Å². The molecule has 25 heavy (non-hydrogen) atoms.